The number of hydrogen-bond donors (Lipinski definition) is 4. The quantitative estimate of drug-likeness (QED) is 0.328. The summed E-state index contributed by atoms with van der Waals surface area (Å²) < 4.78 is 0. The standard InChI is InChI=1S/C12H19N3OS/c13-10(14-11(16)17)15-12-4-7-1-8(5-12)3-9(2-7)6-12/h7-9H,1-6H2,(H4,13,14,15,16,17). The van der Waals surface area contributed by atoms with Gasteiger partial charge < -0.3 is 5.32 Å². The Bertz CT molecular complexity index is 333. The highest BCUT2D eigenvalue weighted by molar-refractivity contribution is 7.96. The van der Waals surface area contributed by atoms with Gasteiger partial charge in [0, 0.05) is 5.54 Å². The number of thiol groups is 1. The van der Waals surface area contributed by atoms with E-state index in [2.05, 4.69) is 23.3 Å². The van der Waals surface area contributed by atoms with Crippen LogP contribution in [0.3, 0.4) is 0 Å². The zero-order chi connectivity index (χ0) is 12.0. The molecule has 0 aromatic heterocycles. The SMILES string of the molecule is N=C(NC(=O)S)NC12CC3CC(CC(C3)C1)C2. The van der Waals surface area contributed by atoms with Crippen molar-refractivity contribution in [2.45, 2.75) is 44.1 Å². The fraction of sp³-hybridized carbons (Fsp3) is 0.833. The molecule has 4 aliphatic carbocycles. The van der Waals surface area contributed by atoms with E-state index >= 15 is 0 Å². The number of carbonyl (C=O) groups is 1. The molecule has 4 rings (SSSR count). The smallest absolute Gasteiger partial charge is 0.282 e. The van der Waals surface area contributed by atoms with Gasteiger partial charge >= 0.3 is 0 Å². The summed E-state index contributed by atoms with van der Waals surface area (Å²) in [4.78, 5) is 10.8. The van der Waals surface area contributed by atoms with Crippen LogP contribution >= 0.6 is 12.6 Å². The average Bonchev–Trinajstić information content (AvgIpc) is 2.11. The molecule has 0 aromatic rings. The van der Waals surface area contributed by atoms with Gasteiger partial charge in [-0.2, -0.15) is 0 Å². The number of rotatable bonds is 1. The third kappa shape index (κ3) is 2.17. The third-order valence-electron chi connectivity index (χ3n) is 4.66. The normalized spacial score (nSPS) is 42.3. The number of amides is 1. The molecule has 5 heteroatoms. The van der Waals surface area contributed by atoms with Gasteiger partial charge in [-0.05, 0) is 56.3 Å². The van der Waals surface area contributed by atoms with E-state index in [0.29, 0.717) is 0 Å². The minimum Gasteiger partial charge on any atom is -0.351 e. The Morgan fingerprint density at radius 1 is 1.12 bits per heavy atom. The van der Waals surface area contributed by atoms with Gasteiger partial charge in [-0.15, -0.1) is 0 Å². The Hall–Kier alpha value is -0.710. The lowest BCUT2D eigenvalue weighted by Crippen LogP contribution is -2.61. The lowest BCUT2D eigenvalue weighted by atomic mass is 9.53. The first kappa shape index (κ1) is 11.4. The van der Waals surface area contributed by atoms with Crippen LogP contribution in [0.2, 0.25) is 0 Å². The van der Waals surface area contributed by atoms with Crippen molar-refractivity contribution in [3.05, 3.63) is 0 Å². The minimum atomic E-state index is -0.466. The Labute approximate surface area is 107 Å². The van der Waals surface area contributed by atoms with E-state index in [0.717, 1.165) is 17.8 Å². The number of guanidine groups is 1. The second-order valence-electron chi connectivity index (χ2n) is 6.13. The van der Waals surface area contributed by atoms with E-state index in [1.54, 1.807) is 0 Å². The second-order valence-corrected chi connectivity index (χ2v) is 6.53. The first-order valence-electron chi connectivity index (χ1n) is 6.41. The molecule has 1 amide bonds. The van der Waals surface area contributed by atoms with Gasteiger partial charge in [0.1, 0.15) is 0 Å². The fourth-order valence-electron chi connectivity index (χ4n) is 4.67. The van der Waals surface area contributed by atoms with Crippen LogP contribution in [0.15, 0.2) is 0 Å². The summed E-state index contributed by atoms with van der Waals surface area (Å²) in [7, 11) is 0. The minimum absolute atomic E-state index is 0.0854. The molecule has 0 spiro atoms. The van der Waals surface area contributed by atoms with Crippen molar-refractivity contribution in [2.24, 2.45) is 17.8 Å². The van der Waals surface area contributed by atoms with Gasteiger partial charge in [-0.1, -0.05) is 12.6 Å². The molecule has 0 heterocycles. The van der Waals surface area contributed by atoms with E-state index in [9.17, 15) is 4.79 Å². The fourth-order valence-corrected chi connectivity index (χ4v) is 4.78. The van der Waals surface area contributed by atoms with Crippen LogP contribution in [0.5, 0.6) is 0 Å². The molecule has 0 saturated heterocycles. The summed E-state index contributed by atoms with van der Waals surface area (Å²) in [6.07, 6.45) is 7.66. The molecule has 0 atom stereocenters. The summed E-state index contributed by atoms with van der Waals surface area (Å²) in [6.45, 7) is 0. The van der Waals surface area contributed by atoms with Crippen LogP contribution < -0.4 is 10.6 Å². The number of nitrogens with one attached hydrogen (secondary N) is 3. The Kier molecular flexibility index (Phi) is 2.61. The van der Waals surface area contributed by atoms with E-state index in [4.69, 9.17) is 5.41 Å². The van der Waals surface area contributed by atoms with Gasteiger partial charge in [0.05, 0.1) is 0 Å². The molecule has 0 unspecified atom stereocenters. The van der Waals surface area contributed by atoms with Crippen LogP contribution in [0.1, 0.15) is 38.5 Å². The summed E-state index contributed by atoms with van der Waals surface area (Å²) in [5.74, 6) is 2.64. The van der Waals surface area contributed by atoms with E-state index < -0.39 is 5.24 Å². The van der Waals surface area contributed by atoms with E-state index in [1.807, 2.05) is 0 Å². The van der Waals surface area contributed by atoms with Gasteiger partial charge in [0.25, 0.3) is 5.24 Å². The number of hydrogen-bond acceptors (Lipinski definition) is 2. The molecule has 3 N–H and O–H groups in total. The van der Waals surface area contributed by atoms with E-state index in [1.165, 1.54) is 38.5 Å². The predicted molar refractivity (Wildman–Crippen MR) is 69.3 cm³/mol. The van der Waals surface area contributed by atoms with Crippen LogP contribution in [0, 0.1) is 23.2 Å². The molecule has 4 bridgehead atoms. The van der Waals surface area contributed by atoms with Crippen LogP contribution in [-0.2, 0) is 0 Å². The van der Waals surface area contributed by atoms with Crippen molar-refractivity contribution in [1.82, 2.24) is 10.6 Å². The van der Waals surface area contributed by atoms with Crippen molar-refractivity contribution in [1.29, 1.82) is 5.41 Å². The lowest BCUT2D eigenvalue weighted by Gasteiger charge is -2.57. The maximum Gasteiger partial charge on any atom is 0.282 e. The molecule has 4 aliphatic rings. The zero-order valence-corrected chi connectivity index (χ0v) is 10.7. The third-order valence-corrected chi connectivity index (χ3v) is 4.77. The largest absolute Gasteiger partial charge is 0.351 e. The molecular weight excluding hydrogens is 234 g/mol. The molecule has 0 radical (unpaired) electrons. The molecule has 4 nitrogen and oxygen atoms in total. The zero-order valence-electron chi connectivity index (χ0n) is 9.83. The molecule has 94 valence electrons. The van der Waals surface area contributed by atoms with Gasteiger partial charge in [-0.25, -0.2) is 0 Å². The molecule has 4 fully saturated rings. The first-order chi connectivity index (χ1) is 8.05. The highest BCUT2D eigenvalue weighted by Crippen LogP contribution is 2.55. The molecule has 0 aromatic carbocycles. The van der Waals surface area contributed by atoms with Gasteiger partial charge in [-0.3, -0.25) is 15.5 Å². The Balaban J connectivity index is 1.70. The highest BCUT2D eigenvalue weighted by atomic mass is 32.1. The van der Waals surface area contributed by atoms with Crippen LogP contribution in [-0.4, -0.2) is 16.7 Å². The summed E-state index contributed by atoms with van der Waals surface area (Å²) in [6, 6.07) is 0. The molecule has 0 aliphatic heterocycles. The Morgan fingerprint density at radius 3 is 2.00 bits per heavy atom. The monoisotopic (exact) mass is 253 g/mol. The molecule has 17 heavy (non-hydrogen) atoms. The average molecular weight is 253 g/mol. The first-order valence-corrected chi connectivity index (χ1v) is 6.86. The maximum absolute atomic E-state index is 10.8. The second kappa shape index (κ2) is 3.90. The van der Waals surface area contributed by atoms with Crippen molar-refractivity contribution in [3.8, 4) is 0 Å². The lowest BCUT2D eigenvalue weighted by molar-refractivity contribution is -0.0105. The summed E-state index contributed by atoms with van der Waals surface area (Å²) >= 11 is 3.64. The van der Waals surface area contributed by atoms with Crippen molar-refractivity contribution in [2.75, 3.05) is 0 Å². The molecule has 4 saturated carbocycles. The summed E-state index contributed by atoms with van der Waals surface area (Å²) in [5.41, 5.74) is 0.0854. The molecular formula is C12H19N3OS. The van der Waals surface area contributed by atoms with Crippen LogP contribution in [0.4, 0.5) is 4.79 Å². The predicted octanol–water partition coefficient (Wildman–Crippen LogP) is 2.12. The van der Waals surface area contributed by atoms with E-state index in [-0.39, 0.29) is 11.5 Å². The van der Waals surface area contributed by atoms with Gasteiger partial charge in [0.2, 0.25) is 0 Å². The van der Waals surface area contributed by atoms with Crippen molar-refractivity contribution >= 4 is 23.8 Å². The maximum atomic E-state index is 10.8. The highest BCUT2D eigenvalue weighted by Gasteiger charge is 2.51. The topological polar surface area (TPSA) is 65.0 Å². The Morgan fingerprint density at radius 2 is 1.59 bits per heavy atom. The van der Waals surface area contributed by atoms with Crippen molar-refractivity contribution in [3.63, 3.8) is 0 Å². The van der Waals surface area contributed by atoms with Crippen LogP contribution in [0.25, 0.3) is 0 Å². The summed E-state index contributed by atoms with van der Waals surface area (Å²) in [5, 5.41) is 13.0. The van der Waals surface area contributed by atoms with Crippen molar-refractivity contribution < 1.29 is 4.79 Å². The number of carbonyl (C=O) groups excluding carboxylic acids is 1. The van der Waals surface area contributed by atoms with Gasteiger partial charge in [0.15, 0.2) is 5.96 Å².